The lowest BCUT2D eigenvalue weighted by Crippen LogP contribution is -2.38. The van der Waals surface area contributed by atoms with Gasteiger partial charge in [-0.1, -0.05) is 30.8 Å². The lowest BCUT2D eigenvalue weighted by molar-refractivity contribution is -0.129. The summed E-state index contributed by atoms with van der Waals surface area (Å²) in [4.78, 5) is 14.2. The molecule has 1 aromatic rings. The van der Waals surface area contributed by atoms with Gasteiger partial charge >= 0.3 is 0 Å². The molecular weight excluding hydrogens is 290 g/mol. The molecule has 23 heavy (non-hydrogen) atoms. The topological polar surface area (TPSA) is 38.8 Å². The molecule has 1 amide bonds. The molecule has 1 aliphatic rings. The van der Waals surface area contributed by atoms with Crippen LogP contribution in [0.3, 0.4) is 0 Å². The summed E-state index contributed by atoms with van der Waals surface area (Å²) >= 11 is 0. The van der Waals surface area contributed by atoms with Crippen molar-refractivity contribution >= 4 is 5.91 Å². The van der Waals surface area contributed by atoms with E-state index in [-0.39, 0.29) is 11.9 Å². The van der Waals surface area contributed by atoms with E-state index in [1.54, 1.807) is 7.11 Å². The Balaban J connectivity index is 2.11. The van der Waals surface area contributed by atoms with E-state index < -0.39 is 0 Å². The minimum absolute atomic E-state index is 0.0244. The van der Waals surface area contributed by atoms with Gasteiger partial charge in [0.25, 0.3) is 0 Å². The molecular formula is C19H27NO3. The molecule has 1 aliphatic heterocycles. The molecule has 0 bridgehead atoms. The van der Waals surface area contributed by atoms with Gasteiger partial charge in [0.15, 0.2) is 0 Å². The van der Waals surface area contributed by atoms with Crippen LogP contribution in [0.1, 0.15) is 30.9 Å². The van der Waals surface area contributed by atoms with Crippen LogP contribution in [0, 0.1) is 5.92 Å². The normalized spacial score (nSPS) is 18.6. The molecule has 126 valence electrons. The van der Waals surface area contributed by atoms with Crippen molar-refractivity contribution < 1.29 is 14.3 Å². The van der Waals surface area contributed by atoms with E-state index >= 15 is 0 Å². The summed E-state index contributed by atoms with van der Waals surface area (Å²) in [7, 11) is 1.69. The first-order valence-electron chi connectivity index (χ1n) is 8.22. The Morgan fingerprint density at radius 2 is 2.22 bits per heavy atom. The molecule has 0 radical (unpaired) electrons. The fourth-order valence-corrected chi connectivity index (χ4v) is 3.14. The van der Waals surface area contributed by atoms with Gasteiger partial charge in [-0.15, -0.1) is 0 Å². The highest BCUT2D eigenvalue weighted by molar-refractivity contribution is 5.87. The Labute approximate surface area is 139 Å². The third-order valence-corrected chi connectivity index (χ3v) is 4.45. The van der Waals surface area contributed by atoms with Crippen LogP contribution in [-0.4, -0.2) is 37.2 Å². The van der Waals surface area contributed by atoms with Crippen molar-refractivity contribution in [2.45, 2.75) is 39.0 Å². The van der Waals surface area contributed by atoms with Gasteiger partial charge in [0.1, 0.15) is 0 Å². The number of carbonyl (C=O) groups excluding carboxylic acids is 1. The number of hydrogen-bond donors (Lipinski definition) is 0. The highest BCUT2D eigenvalue weighted by atomic mass is 16.5. The van der Waals surface area contributed by atoms with E-state index in [0.29, 0.717) is 19.1 Å². The molecule has 1 heterocycles. The van der Waals surface area contributed by atoms with Crippen LogP contribution in [0.15, 0.2) is 36.9 Å². The average Bonchev–Trinajstić information content (AvgIpc) is 3.06. The van der Waals surface area contributed by atoms with Crippen molar-refractivity contribution in [3.8, 4) is 0 Å². The van der Waals surface area contributed by atoms with Crippen molar-refractivity contribution in [1.82, 2.24) is 4.90 Å². The fraction of sp³-hybridized carbons (Fsp3) is 0.526. The second kappa shape index (κ2) is 8.85. The maximum absolute atomic E-state index is 12.3. The number of methoxy groups -OCH3 is 1. The summed E-state index contributed by atoms with van der Waals surface area (Å²) in [5.41, 5.74) is 2.24. The number of ether oxygens (including phenoxy) is 2. The standard InChI is InChI=1S/C19H27NO3/c1-4-19(21)20(15(2)11-16-9-10-23-13-16)12-17-7-5-6-8-18(17)14-22-3/h4-8,15-16H,1,9-14H2,2-3H3. The van der Waals surface area contributed by atoms with Crippen LogP contribution < -0.4 is 0 Å². The van der Waals surface area contributed by atoms with Crippen LogP contribution in [0.25, 0.3) is 0 Å². The third kappa shape index (κ3) is 4.91. The predicted octanol–water partition coefficient (Wildman–Crippen LogP) is 3.16. The monoisotopic (exact) mass is 317 g/mol. The maximum Gasteiger partial charge on any atom is 0.246 e. The van der Waals surface area contributed by atoms with Gasteiger partial charge in [0.05, 0.1) is 6.61 Å². The molecule has 2 unspecified atom stereocenters. The van der Waals surface area contributed by atoms with E-state index in [2.05, 4.69) is 19.6 Å². The maximum atomic E-state index is 12.3. The molecule has 2 atom stereocenters. The van der Waals surface area contributed by atoms with E-state index in [0.717, 1.165) is 37.2 Å². The molecule has 4 nitrogen and oxygen atoms in total. The summed E-state index contributed by atoms with van der Waals surface area (Å²) in [6.07, 6.45) is 3.45. The molecule has 0 aliphatic carbocycles. The molecule has 1 aromatic carbocycles. The number of amides is 1. The Hall–Kier alpha value is -1.65. The SMILES string of the molecule is C=CC(=O)N(Cc1ccccc1COC)C(C)CC1CCOC1. The average molecular weight is 317 g/mol. The van der Waals surface area contributed by atoms with Crippen molar-refractivity contribution in [3.63, 3.8) is 0 Å². The molecule has 2 rings (SSSR count). The van der Waals surface area contributed by atoms with Crippen molar-refractivity contribution in [2.24, 2.45) is 5.92 Å². The Kier molecular flexibility index (Phi) is 6.81. The minimum atomic E-state index is -0.0244. The van der Waals surface area contributed by atoms with Gasteiger partial charge in [-0.05, 0) is 42.9 Å². The predicted molar refractivity (Wildman–Crippen MR) is 90.9 cm³/mol. The number of rotatable bonds is 8. The lowest BCUT2D eigenvalue weighted by Gasteiger charge is -2.30. The van der Waals surface area contributed by atoms with E-state index in [1.165, 1.54) is 6.08 Å². The van der Waals surface area contributed by atoms with Gasteiger partial charge < -0.3 is 14.4 Å². The molecule has 0 aromatic heterocycles. The number of nitrogens with zero attached hydrogens (tertiary/aromatic N) is 1. The zero-order valence-electron chi connectivity index (χ0n) is 14.2. The molecule has 1 fully saturated rings. The first-order chi connectivity index (χ1) is 11.2. The largest absolute Gasteiger partial charge is 0.381 e. The van der Waals surface area contributed by atoms with Crippen LogP contribution >= 0.6 is 0 Å². The second-order valence-corrected chi connectivity index (χ2v) is 6.19. The Morgan fingerprint density at radius 3 is 2.83 bits per heavy atom. The highest BCUT2D eigenvalue weighted by Crippen LogP contribution is 2.23. The first-order valence-corrected chi connectivity index (χ1v) is 8.22. The van der Waals surface area contributed by atoms with Gasteiger partial charge in [0.2, 0.25) is 5.91 Å². The minimum Gasteiger partial charge on any atom is -0.381 e. The summed E-state index contributed by atoms with van der Waals surface area (Å²) in [6.45, 7) is 8.54. The third-order valence-electron chi connectivity index (χ3n) is 4.45. The fourth-order valence-electron chi connectivity index (χ4n) is 3.14. The van der Waals surface area contributed by atoms with Crippen molar-refractivity contribution in [3.05, 3.63) is 48.0 Å². The van der Waals surface area contributed by atoms with Gasteiger partial charge in [0, 0.05) is 32.9 Å². The highest BCUT2D eigenvalue weighted by Gasteiger charge is 2.24. The van der Waals surface area contributed by atoms with E-state index in [4.69, 9.17) is 9.47 Å². The summed E-state index contributed by atoms with van der Waals surface area (Å²) < 4.78 is 10.7. The molecule has 1 saturated heterocycles. The Morgan fingerprint density at radius 1 is 1.48 bits per heavy atom. The zero-order chi connectivity index (χ0) is 16.7. The van der Waals surface area contributed by atoms with Gasteiger partial charge in [-0.3, -0.25) is 4.79 Å². The molecule has 4 heteroatoms. The van der Waals surface area contributed by atoms with Crippen LogP contribution in [-0.2, 0) is 27.4 Å². The van der Waals surface area contributed by atoms with E-state index in [1.807, 2.05) is 23.1 Å². The zero-order valence-corrected chi connectivity index (χ0v) is 14.2. The number of benzene rings is 1. The lowest BCUT2D eigenvalue weighted by atomic mass is 9.98. The summed E-state index contributed by atoms with van der Waals surface area (Å²) in [5.74, 6) is 0.517. The second-order valence-electron chi connectivity index (χ2n) is 6.19. The number of carbonyl (C=O) groups is 1. The first kappa shape index (κ1) is 17.7. The number of hydrogen-bond acceptors (Lipinski definition) is 3. The summed E-state index contributed by atoms with van der Waals surface area (Å²) in [5, 5.41) is 0. The van der Waals surface area contributed by atoms with Crippen LogP contribution in [0.4, 0.5) is 0 Å². The van der Waals surface area contributed by atoms with Gasteiger partial charge in [-0.2, -0.15) is 0 Å². The van der Waals surface area contributed by atoms with Crippen molar-refractivity contribution in [2.75, 3.05) is 20.3 Å². The molecule has 0 N–H and O–H groups in total. The molecule has 0 spiro atoms. The van der Waals surface area contributed by atoms with Crippen LogP contribution in [0.2, 0.25) is 0 Å². The van der Waals surface area contributed by atoms with Crippen molar-refractivity contribution in [1.29, 1.82) is 0 Å². The Bertz CT molecular complexity index is 523. The smallest absolute Gasteiger partial charge is 0.246 e. The summed E-state index contributed by atoms with van der Waals surface area (Å²) in [6, 6.07) is 8.26. The quantitative estimate of drug-likeness (QED) is 0.691. The molecule has 0 saturated carbocycles. The van der Waals surface area contributed by atoms with E-state index in [9.17, 15) is 4.79 Å². The van der Waals surface area contributed by atoms with Gasteiger partial charge in [-0.25, -0.2) is 0 Å². The van der Waals surface area contributed by atoms with Crippen LogP contribution in [0.5, 0.6) is 0 Å².